The van der Waals surface area contributed by atoms with Crippen LogP contribution in [-0.4, -0.2) is 9.97 Å². The Morgan fingerprint density at radius 2 is 1.94 bits per heavy atom. The summed E-state index contributed by atoms with van der Waals surface area (Å²) in [7, 11) is 0. The van der Waals surface area contributed by atoms with Crippen LogP contribution < -0.4 is 11.1 Å². The largest absolute Gasteiger partial charge is 0.383 e. The van der Waals surface area contributed by atoms with E-state index in [-0.39, 0.29) is 0 Å². The molecule has 6 heteroatoms. The first-order chi connectivity index (χ1) is 8.17. The number of hydrogen-bond acceptors (Lipinski definition) is 5. The lowest BCUT2D eigenvalue weighted by atomic mass is 10.2. The second kappa shape index (κ2) is 4.97. The molecule has 5 nitrogen and oxygen atoms in total. The van der Waals surface area contributed by atoms with Gasteiger partial charge in [-0.3, -0.25) is 0 Å². The van der Waals surface area contributed by atoms with Gasteiger partial charge in [0.1, 0.15) is 11.6 Å². The highest BCUT2D eigenvalue weighted by atomic mass is 127. The molecule has 0 unspecified atom stereocenters. The number of hydrogen-bond donors (Lipinski definition) is 2. The van der Waals surface area contributed by atoms with E-state index >= 15 is 0 Å². The quantitative estimate of drug-likeness (QED) is 0.648. The average molecular weight is 337 g/mol. The van der Waals surface area contributed by atoms with Gasteiger partial charge in [0.2, 0.25) is 0 Å². The smallest absolute Gasteiger partial charge is 0.194 e. The summed E-state index contributed by atoms with van der Waals surface area (Å²) in [5, 5.41) is 11.8. The molecule has 0 radical (unpaired) electrons. The van der Waals surface area contributed by atoms with E-state index in [0.29, 0.717) is 21.0 Å². The van der Waals surface area contributed by atoms with Gasteiger partial charge in [-0.05, 0) is 24.3 Å². The summed E-state index contributed by atoms with van der Waals surface area (Å²) in [5.41, 5.74) is 7.08. The lowest BCUT2D eigenvalue weighted by molar-refractivity contribution is 1.12. The molecule has 0 fully saturated rings. The van der Waals surface area contributed by atoms with Crippen LogP contribution in [0.3, 0.4) is 0 Å². The van der Waals surface area contributed by atoms with Crippen LogP contribution in [0, 0.1) is 15.2 Å². The van der Waals surface area contributed by atoms with Gasteiger partial charge in [-0.2, -0.15) is 5.26 Å². The third-order valence-corrected chi connectivity index (χ3v) is 2.49. The number of rotatable bonds is 2. The molecule has 0 bridgehead atoms. The molecular formula is C11H8IN5. The van der Waals surface area contributed by atoms with Crippen molar-refractivity contribution in [3.05, 3.63) is 39.7 Å². The number of anilines is 3. The minimum absolute atomic E-state index is 0.417. The standard InChI is InChI=1S/C11H8IN5/c12-11-16-9(14)5-10(17-11)15-8-3-1-7(6-13)2-4-8/h1-5H,(H3,14,15,16,17). The Kier molecular flexibility index (Phi) is 3.39. The fourth-order valence-electron chi connectivity index (χ4n) is 1.28. The molecule has 1 heterocycles. The van der Waals surface area contributed by atoms with Crippen LogP contribution in [0.2, 0.25) is 0 Å². The number of nitriles is 1. The zero-order valence-corrected chi connectivity index (χ0v) is 10.8. The Hall–Kier alpha value is -1.88. The monoisotopic (exact) mass is 337 g/mol. The Balaban J connectivity index is 2.22. The van der Waals surface area contributed by atoms with Crippen molar-refractivity contribution in [2.45, 2.75) is 0 Å². The first-order valence-electron chi connectivity index (χ1n) is 4.74. The number of aromatic nitrogens is 2. The van der Waals surface area contributed by atoms with Crippen LogP contribution in [-0.2, 0) is 0 Å². The predicted octanol–water partition coefficient (Wildman–Crippen LogP) is 2.28. The van der Waals surface area contributed by atoms with Gasteiger partial charge in [-0.15, -0.1) is 0 Å². The first kappa shape index (κ1) is 11.6. The van der Waals surface area contributed by atoms with Crippen molar-refractivity contribution in [1.82, 2.24) is 9.97 Å². The average Bonchev–Trinajstić information content (AvgIpc) is 2.28. The van der Waals surface area contributed by atoms with E-state index in [1.54, 1.807) is 18.2 Å². The fourth-order valence-corrected chi connectivity index (χ4v) is 1.81. The number of benzene rings is 1. The van der Waals surface area contributed by atoms with E-state index in [0.717, 1.165) is 5.69 Å². The summed E-state index contributed by atoms with van der Waals surface area (Å²) in [6.07, 6.45) is 0. The molecule has 0 saturated heterocycles. The molecule has 0 aliphatic rings. The highest BCUT2D eigenvalue weighted by molar-refractivity contribution is 14.1. The molecule has 0 atom stereocenters. The molecule has 0 spiro atoms. The van der Waals surface area contributed by atoms with E-state index in [2.05, 4.69) is 21.4 Å². The zero-order valence-electron chi connectivity index (χ0n) is 8.68. The molecule has 0 saturated carbocycles. The molecule has 2 rings (SSSR count). The number of halogens is 1. The molecule has 0 amide bonds. The minimum Gasteiger partial charge on any atom is -0.383 e. The van der Waals surface area contributed by atoms with Crippen molar-refractivity contribution in [2.24, 2.45) is 0 Å². The Morgan fingerprint density at radius 3 is 2.53 bits per heavy atom. The Bertz CT molecular complexity index is 553. The van der Waals surface area contributed by atoms with Gasteiger partial charge in [-0.25, -0.2) is 9.97 Å². The van der Waals surface area contributed by atoms with Crippen molar-refractivity contribution in [1.29, 1.82) is 5.26 Å². The number of nitrogen functional groups attached to an aromatic ring is 1. The summed E-state index contributed by atoms with van der Waals surface area (Å²) in [4.78, 5) is 8.16. The number of nitrogens with zero attached hydrogens (tertiary/aromatic N) is 3. The molecule has 1 aromatic carbocycles. The van der Waals surface area contributed by atoms with Gasteiger partial charge in [0, 0.05) is 34.3 Å². The van der Waals surface area contributed by atoms with Crippen LogP contribution >= 0.6 is 22.6 Å². The topological polar surface area (TPSA) is 87.6 Å². The van der Waals surface area contributed by atoms with E-state index in [4.69, 9.17) is 11.0 Å². The minimum atomic E-state index is 0.417. The van der Waals surface area contributed by atoms with Crippen molar-refractivity contribution in [3.8, 4) is 6.07 Å². The lowest BCUT2D eigenvalue weighted by Gasteiger charge is -2.06. The normalized spacial score (nSPS) is 9.65. The van der Waals surface area contributed by atoms with Gasteiger partial charge in [0.25, 0.3) is 0 Å². The predicted molar refractivity (Wildman–Crippen MR) is 73.6 cm³/mol. The van der Waals surface area contributed by atoms with E-state index in [9.17, 15) is 0 Å². The third kappa shape index (κ3) is 3.04. The number of nitrogens with one attached hydrogen (secondary N) is 1. The molecule has 3 N–H and O–H groups in total. The molecule has 84 valence electrons. The van der Waals surface area contributed by atoms with E-state index in [1.807, 2.05) is 34.7 Å². The SMILES string of the molecule is N#Cc1ccc(Nc2cc(N)nc(I)n2)cc1. The van der Waals surface area contributed by atoms with Crippen LogP contribution in [0.15, 0.2) is 30.3 Å². The number of nitrogens with two attached hydrogens (primary N) is 1. The summed E-state index contributed by atoms with van der Waals surface area (Å²) in [6, 6.07) is 10.8. The van der Waals surface area contributed by atoms with E-state index in [1.165, 1.54) is 0 Å². The van der Waals surface area contributed by atoms with Gasteiger partial charge < -0.3 is 11.1 Å². The van der Waals surface area contributed by atoms with Gasteiger partial charge in [-0.1, -0.05) is 0 Å². The lowest BCUT2D eigenvalue weighted by Crippen LogP contribution is -2.00. The van der Waals surface area contributed by atoms with E-state index < -0.39 is 0 Å². The summed E-state index contributed by atoms with van der Waals surface area (Å²) < 4.78 is 0.582. The van der Waals surface area contributed by atoms with Crippen LogP contribution in [0.1, 0.15) is 5.56 Å². The second-order valence-corrected chi connectivity index (χ2v) is 4.23. The molecule has 0 aliphatic heterocycles. The molecule has 1 aromatic heterocycles. The van der Waals surface area contributed by atoms with Crippen molar-refractivity contribution in [3.63, 3.8) is 0 Å². The van der Waals surface area contributed by atoms with Crippen molar-refractivity contribution in [2.75, 3.05) is 11.1 Å². The van der Waals surface area contributed by atoms with Crippen LogP contribution in [0.5, 0.6) is 0 Å². The zero-order chi connectivity index (χ0) is 12.3. The summed E-state index contributed by atoms with van der Waals surface area (Å²) in [5.74, 6) is 1.05. The second-order valence-electron chi connectivity index (χ2n) is 3.26. The van der Waals surface area contributed by atoms with Crippen molar-refractivity contribution >= 4 is 39.9 Å². The maximum Gasteiger partial charge on any atom is 0.194 e. The molecule has 2 aromatic rings. The summed E-state index contributed by atoms with van der Waals surface area (Å²) in [6.45, 7) is 0. The molecule has 17 heavy (non-hydrogen) atoms. The van der Waals surface area contributed by atoms with Gasteiger partial charge >= 0.3 is 0 Å². The highest BCUT2D eigenvalue weighted by Gasteiger charge is 2.00. The van der Waals surface area contributed by atoms with Gasteiger partial charge in [0.05, 0.1) is 11.6 Å². The Labute approximate surface area is 112 Å². The van der Waals surface area contributed by atoms with Crippen molar-refractivity contribution < 1.29 is 0 Å². The van der Waals surface area contributed by atoms with Crippen LogP contribution in [0.25, 0.3) is 0 Å². The third-order valence-electron chi connectivity index (χ3n) is 2.01. The maximum atomic E-state index is 8.68. The fraction of sp³-hybridized carbons (Fsp3) is 0. The van der Waals surface area contributed by atoms with Crippen LogP contribution in [0.4, 0.5) is 17.3 Å². The van der Waals surface area contributed by atoms with Gasteiger partial charge in [0.15, 0.2) is 3.83 Å². The highest BCUT2D eigenvalue weighted by Crippen LogP contribution is 2.17. The maximum absolute atomic E-state index is 8.68. The molecule has 0 aliphatic carbocycles. The first-order valence-corrected chi connectivity index (χ1v) is 5.82. The Morgan fingerprint density at radius 1 is 1.24 bits per heavy atom. The molecular weight excluding hydrogens is 329 g/mol. The summed E-state index contributed by atoms with van der Waals surface area (Å²) >= 11 is 2.00.